The maximum Gasteiger partial charge on any atom is 0.361 e. The maximum atomic E-state index is 13.0. The molecule has 1 amide bonds. The lowest BCUT2D eigenvalue weighted by Crippen LogP contribution is -2.26. The van der Waals surface area contributed by atoms with Crippen molar-refractivity contribution in [3.05, 3.63) is 108 Å². The molecule has 4 rings (SSSR count). The Kier molecular flexibility index (Phi) is 6.12. The smallest absolute Gasteiger partial charge is 0.361 e. The van der Waals surface area contributed by atoms with Gasteiger partial charge >= 0.3 is 5.97 Å². The average molecular weight is 426 g/mol. The van der Waals surface area contributed by atoms with Crippen molar-refractivity contribution < 1.29 is 18.7 Å². The molecule has 0 aliphatic heterocycles. The third-order valence-corrected chi connectivity index (χ3v) is 4.90. The molecule has 0 aliphatic carbocycles. The first kappa shape index (κ1) is 21.1. The molecule has 1 heterocycles. The number of hydrogen-bond donors (Lipinski definition) is 1. The molecule has 1 N–H and O–H groups in total. The number of esters is 1. The van der Waals surface area contributed by atoms with E-state index < -0.39 is 18.0 Å². The summed E-state index contributed by atoms with van der Waals surface area (Å²) in [4.78, 5) is 30.3. The fourth-order valence-corrected chi connectivity index (χ4v) is 3.20. The van der Waals surface area contributed by atoms with Crippen LogP contribution >= 0.6 is 0 Å². The van der Waals surface area contributed by atoms with Crippen molar-refractivity contribution in [2.45, 2.75) is 20.0 Å². The van der Waals surface area contributed by atoms with Gasteiger partial charge in [-0.25, -0.2) is 9.78 Å². The summed E-state index contributed by atoms with van der Waals surface area (Å²) < 4.78 is 11.3. The minimum absolute atomic E-state index is 0.0351. The van der Waals surface area contributed by atoms with Gasteiger partial charge in [0.25, 0.3) is 5.91 Å². The number of carbonyl (C=O) groups is 2. The molecule has 0 saturated carbocycles. The van der Waals surface area contributed by atoms with Gasteiger partial charge in [0.15, 0.2) is 5.69 Å². The molecule has 6 nitrogen and oxygen atoms in total. The molecule has 6 heteroatoms. The summed E-state index contributed by atoms with van der Waals surface area (Å²) in [5.41, 5.74) is 3.01. The van der Waals surface area contributed by atoms with E-state index >= 15 is 0 Å². The number of benzene rings is 3. The zero-order valence-corrected chi connectivity index (χ0v) is 17.7. The Morgan fingerprint density at radius 1 is 0.875 bits per heavy atom. The Labute approximate surface area is 185 Å². The van der Waals surface area contributed by atoms with Crippen LogP contribution < -0.4 is 5.32 Å². The highest BCUT2D eigenvalue weighted by Gasteiger charge is 2.28. The van der Waals surface area contributed by atoms with Gasteiger partial charge < -0.3 is 14.5 Å². The van der Waals surface area contributed by atoms with Crippen LogP contribution in [0.15, 0.2) is 89.3 Å². The van der Waals surface area contributed by atoms with Gasteiger partial charge in [0, 0.05) is 16.8 Å². The van der Waals surface area contributed by atoms with Crippen LogP contribution in [0, 0.1) is 13.8 Å². The Bertz CT molecular complexity index is 1220. The fourth-order valence-electron chi connectivity index (χ4n) is 3.20. The van der Waals surface area contributed by atoms with Gasteiger partial charge in [-0.2, -0.15) is 0 Å². The summed E-state index contributed by atoms with van der Waals surface area (Å²) in [6.07, 6.45) is -1.15. The first-order chi connectivity index (χ1) is 15.5. The van der Waals surface area contributed by atoms with Gasteiger partial charge in [-0.05, 0) is 38.1 Å². The van der Waals surface area contributed by atoms with Crippen molar-refractivity contribution in [3.63, 3.8) is 0 Å². The standard InChI is InChI=1S/C26H22N2O4/c1-17-13-15-21(16-14-17)27-24(29)23(19-9-5-3-6-10-19)32-26(30)22-18(2)31-25(28-22)20-11-7-4-8-12-20/h3-16,23H,1-2H3,(H,27,29). The highest BCUT2D eigenvalue weighted by atomic mass is 16.5. The van der Waals surface area contributed by atoms with E-state index in [1.807, 2.05) is 55.5 Å². The molecule has 4 aromatic rings. The normalized spacial score (nSPS) is 11.6. The van der Waals surface area contributed by atoms with Gasteiger partial charge in [-0.15, -0.1) is 0 Å². The molecule has 0 radical (unpaired) electrons. The van der Waals surface area contributed by atoms with Crippen molar-refractivity contribution in [2.24, 2.45) is 0 Å². The van der Waals surface area contributed by atoms with E-state index in [1.165, 1.54) is 0 Å². The second kappa shape index (κ2) is 9.31. The van der Waals surface area contributed by atoms with E-state index in [4.69, 9.17) is 9.15 Å². The van der Waals surface area contributed by atoms with E-state index in [1.54, 1.807) is 43.3 Å². The SMILES string of the molecule is Cc1ccc(NC(=O)C(OC(=O)c2nc(-c3ccccc3)oc2C)c2ccccc2)cc1. The van der Waals surface area contributed by atoms with Crippen LogP contribution in [-0.2, 0) is 9.53 Å². The van der Waals surface area contributed by atoms with Gasteiger partial charge in [-0.1, -0.05) is 66.2 Å². The zero-order chi connectivity index (χ0) is 22.5. The average Bonchev–Trinajstić information content (AvgIpc) is 3.21. The Hall–Kier alpha value is -4.19. The van der Waals surface area contributed by atoms with Crippen LogP contribution in [0.3, 0.4) is 0 Å². The summed E-state index contributed by atoms with van der Waals surface area (Å²) in [6.45, 7) is 3.60. The highest BCUT2D eigenvalue weighted by molar-refractivity contribution is 5.98. The minimum atomic E-state index is -1.15. The molecule has 160 valence electrons. The second-order valence-electron chi connectivity index (χ2n) is 7.34. The van der Waals surface area contributed by atoms with Crippen LogP contribution in [0.25, 0.3) is 11.5 Å². The molecular weight excluding hydrogens is 404 g/mol. The number of rotatable bonds is 6. The number of hydrogen-bond acceptors (Lipinski definition) is 5. The molecule has 1 atom stereocenters. The van der Waals surface area contributed by atoms with Crippen molar-refractivity contribution in [1.82, 2.24) is 4.98 Å². The molecule has 0 bridgehead atoms. The Morgan fingerprint density at radius 3 is 2.16 bits per heavy atom. The zero-order valence-electron chi connectivity index (χ0n) is 17.7. The molecule has 0 spiro atoms. The molecule has 32 heavy (non-hydrogen) atoms. The largest absolute Gasteiger partial charge is 0.442 e. The molecule has 0 aliphatic rings. The van der Waals surface area contributed by atoms with E-state index in [2.05, 4.69) is 10.3 Å². The monoisotopic (exact) mass is 426 g/mol. The van der Waals surface area contributed by atoms with Gasteiger partial charge in [-0.3, -0.25) is 4.79 Å². The Morgan fingerprint density at radius 2 is 1.50 bits per heavy atom. The molecule has 1 unspecified atom stereocenters. The lowest BCUT2D eigenvalue weighted by atomic mass is 10.1. The van der Waals surface area contributed by atoms with Crippen LogP contribution in [-0.4, -0.2) is 16.9 Å². The fraction of sp³-hybridized carbons (Fsp3) is 0.115. The first-order valence-electron chi connectivity index (χ1n) is 10.2. The topological polar surface area (TPSA) is 81.4 Å². The lowest BCUT2D eigenvalue weighted by molar-refractivity contribution is -0.125. The van der Waals surface area contributed by atoms with E-state index in [9.17, 15) is 9.59 Å². The highest BCUT2D eigenvalue weighted by Crippen LogP contribution is 2.25. The summed E-state index contributed by atoms with van der Waals surface area (Å²) >= 11 is 0. The second-order valence-corrected chi connectivity index (χ2v) is 7.34. The van der Waals surface area contributed by atoms with Crippen molar-refractivity contribution >= 4 is 17.6 Å². The predicted molar refractivity (Wildman–Crippen MR) is 121 cm³/mol. The number of amides is 1. The van der Waals surface area contributed by atoms with Gasteiger partial charge in [0.1, 0.15) is 5.76 Å². The van der Waals surface area contributed by atoms with Crippen LogP contribution in [0.5, 0.6) is 0 Å². The summed E-state index contributed by atoms with van der Waals surface area (Å²) in [5, 5.41) is 2.81. The number of aryl methyl sites for hydroxylation is 2. The van der Waals surface area contributed by atoms with Crippen LogP contribution in [0.4, 0.5) is 5.69 Å². The van der Waals surface area contributed by atoms with Gasteiger partial charge in [0.05, 0.1) is 0 Å². The molecular formula is C26H22N2O4. The third kappa shape index (κ3) is 4.75. The van der Waals surface area contributed by atoms with E-state index in [-0.39, 0.29) is 5.69 Å². The number of ether oxygens (including phenoxy) is 1. The predicted octanol–water partition coefficient (Wildman–Crippen LogP) is 5.50. The molecule has 0 saturated heterocycles. The van der Waals surface area contributed by atoms with Crippen molar-refractivity contribution in [3.8, 4) is 11.5 Å². The van der Waals surface area contributed by atoms with Crippen molar-refractivity contribution in [1.29, 1.82) is 0 Å². The number of aromatic nitrogens is 1. The maximum absolute atomic E-state index is 13.0. The molecule has 0 fully saturated rings. The summed E-state index contributed by atoms with van der Waals surface area (Å²) in [6, 6.07) is 25.5. The molecule has 1 aromatic heterocycles. The van der Waals surface area contributed by atoms with E-state index in [0.717, 1.165) is 11.1 Å². The summed E-state index contributed by atoms with van der Waals surface area (Å²) in [7, 11) is 0. The number of carbonyl (C=O) groups excluding carboxylic acids is 2. The minimum Gasteiger partial charge on any atom is -0.442 e. The van der Waals surface area contributed by atoms with Crippen molar-refractivity contribution in [2.75, 3.05) is 5.32 Å². The number of oxazole rings is 1. The summed E-state index contributed by atoms with van der Waals surface area (Å²) in [5.74, 6) is -0.561. The van der Waals surface area contributed by atoms with E-state index in [0.29, 0.717) is 22.9 Å². The van der Waals surface area contributed by atoms with Gasteiger partial charge in [0.2, 0.25) is 12.0 Å². The quantitative estimate of drug-likeness (QED) is 0.412. The third-order valence-electron chi connectivity index (χ3n) is 4.90. The lowest BCUT2D eigenvalue weighted by Gasteiger charge is -2.17. The number of nitrogens with one attached hydrogen (secondary N) is 1. The number of anilines is 1. The molecule has 3 aromatic carbocycles. The van der Waals surface area contributed by atoms with Crippen LogP contribution in [0.2, 0.25) is 0 Å². The number of nitrogens with zero attached hydrogens (tertiary/aromatic N) is 1. The van der Waals surface area contributed by atoms with Crippen LogP contribution in [0.1, 0.15) is 33.5 Å². The Balaban J connectivity index is 1.59. The first-order valence-corrected chi connectivity index (χ1v) is 10.2.